The maximum absolute atomic E-state index is 11.8. The van der Waals surface area contributed by atoms with Gasteiger partial charge in [-0.05, 0) is 44.2 Å². The Balaban J connectivity index is 1.72. The molecule has 0 fully saturated rings. The van der Waals surface area contributed by atoms with Crippen molar-refractivity contribution in [1.82, 2.24) is 10.3 Å². The lowest BCUT2D eigenvalue weighted by molar-refractivity contribution is 0.252. The zero-order valence-electron chi connectivity index (χ0n) is 12.9. The van der Waals surface area contributed by atoms with Gasteiger partial charge >= 0.3 is 6.03 Å². The van der Waals surface area contributed by atoms with Gasteiger partial charge in [0, 0.05) is 20.6 Å². The average molecular weight is 288 g/mol. The molecule has 0 aromatic carbocycles. The van der Waals surface area contributed by atoms with E-state index in [2.05, 4.69) is 21.7 Å². The van der Waals surface area contributed by atoms with Gasteiger partial charge in [0.15, 0.2) is 0 Å². The van der Waals surface area contributed by atoms with Crippen molar-refractivity contribution in [2.24, 2.45) is 0 Å². The third-order valence-corrected chi connectivity index (χ3v) is 3.58. The Morgan fingerprint density at radius 2 is 2.19 bits per heavy atom. The van der Waals surface area contributed by atoms with E-state index in [0.717, 1.165) is 12.2 Å². The summed E-state index contributed by atoms with van der Waals surface area (Å²) in [7, 11) is 3.87. The van der Waals surface area contributed by atoms with Gasteiger partial charge in [0.1, 0.15) is 5.82 Å². The number of pyridine rings is 1. The first kappa shape index (κ1) is 15.4. The second kappa shape index (κ2) is 7.67. The second-order valence-electron chi connectivity index (χ2n) is 5.54. The molecule has 2 N–H and O–H groups in total. The highest BCUT2D eigenvalue weighted by atomic mass is 16.2. The van der Waals surface area contributed by atoms with Gasteiger partial charge in [-0.15, -0.1) is 0 Å². The summed E-state index contributed by atoms with van der Waals surface area (Å²) in [6.07, 6.45) is 9.87. The third kappa shape index (κ3) is 5.10. The molecule has 5 nitrogen and oxygen atoms in total. The van der Waals surface area contributed by atoms with Gasteiger partial charge < -0.3 is 15.5 Å². The number of anilines is 2. The molecular formula is C16H24N4O. The minimum absolute atomic E-state index is 0.175. The van der Waals surface area contributed by atoms with Crippen LogP contribution in [0.15, 0.2) is 30.0 Å². The molecule has 2 rings (SSSR count). The summed E-state index contributed by atoms with van der Waals surface area (Å²) >= 11 is 0. The molecule has 0 saturated heterocycles. The minimum atomic E-state index is -0.175. The molecule has 114 valence electrons. The number of hydrogen-bond acceptors (Lipinski definition) is 3. The molecule has 1 heterocycles. The topological polar surface area (TPSA) is 57.3 Å². The number of nitrogens with zero attached hydrogens (tertiary/aromatic N) is 2. The third-order valence-electron chi connectivity index (χ3n) is 3.58. The van der Waals surface area contributed by atoms with Crippen LogP contribution in [0.2, 0.25) is 0 Å². The van der Waals surface area contributed by atoms with Gasteiger partial charge in [0.05, 0.1) is 11.9 Å². The fraction of sp³-hybridized carbons (Fsp3) is 0.500. The molecule has 1 aliphatic rings. The van der Waals surface area contributed by atoms with Gasteiger partial charge in [-0.3, -0.25) is 0 Å². The predicted octanol–water partition coefficient (Wildman–Crippen LogP) is 3.16. The normalized spacial score (nSPS) is 14.3. The largest absolute Gasteiger partial charge is 0.363 e. The van der Waals surface area contributed by atoms with E-state index < -0.39 is 0 Å². The summed E-state index contributed by atoms with van der Waals surface area (Å²) in [5.41, 5.74) is 2.17. The number of rotatable bonds is 5. The van der Waals surface area contributed by atoms with Crippen molar-refractivity contribution in [1.29, 1.82) is 0 Å². The van der Waals surface area contributed by atoms with Crippen LogP contribution in [0.1, 0.15) is 32.1 Å². The van der Waals surface area contributed by atoms with Gasteiger partial charge in [0.2, 0.25) is 0 Å². The van der Waals surface area contributed by atoms with E-state index >= 15 is 0 Å². The summed E-state index contributed by atoms with van der Waals surface area (Å²) in [6.45, 7) is 0.681. The van der Waals surface area contributed by atoms with Crippen molar-refractivity contribution in [2.45, 2.75) is 32.1 Å². The smallest absolute Gasteiger partial charge is 0.319 e. The highest BCUT2D eigenvalue weighted by molar-refractivity contribution is 5.89. The zero-order valence-corrected chi connectivity index (χ0v) is 12.9. The van der Waals surface area contributed by atoms with Crippen molar-refractivity contribution in [2.75, 3.05) is 30.9 Å². The molecular weight excluding hydrogens is 264 g/mol. The van der Waals surface area contributed by atoms with E-state index in [1.807, 2.05) is 31.1 Å². The van der Waals surface area contributed by atoms with Crippen LogP contribution in [-0.2, 0) is 0 Å². The van der Waals surface area contributed by atoms with Crippen molar-refractivity contribution < 1.29 is 4.79 Å². The minimum Gasteiger partial charge on any atom is -0.363 e. The summed E-state index contributed by atoms with van der Waals surface area (Å²) in [6, 6.07) is 3.56. The van der Waals surface area contributed by atoms with Crippen molar-refractivity contribution in [3.05, 3.63) is 30.0 Å². The number of aromatic nitrogens is 1. The molecule has 0 atom stereocenters. The number of allylic oxidation sites excluding steroid dienone is 1. The molecule has 5 heteroatoms. The Kier molecular flexibility index (Phi) is 5.60. The lowest BCUT2D eigenvalue weighted by Crippen LogP contribution is -2.29. The Morgan fingerprint density at radius 3 is 2.81 bits per heavy atom. The van der Waals surface area contributed by atoms with Crippen molar-refractivity contribution in [3.8, 4) is 0 Å². The van der Waals surface area contributed by atoms with Gasteiger partial charge in [-0.1, -0.05) is 11.6 Å². The lowest BCUT2D eigenvalue weighted by Gasteiger charge is -2.14. The monoisotopic (exact) mass is 288 g/mol. The number of carbonyl (C=O) groups excluding carboxylic acids is 1. The molecule has 0 unspecified atom stereocenters. The van der Waals surface area contributed by atoms with Gasteiger partial charge in [-0.25, -0.2) is 9.78 Å². The zero-order chi connectivity index (χ0) is 15.1. The van der Waals surface area contributed by atoms with Crippen LogP contribution in [0.5, 0.6) is 0 Å². The van der Waals surface area contributed by atoms with E-state index in [4.69, 9.17) is 0 Å². The van der Waals surface area contributed by atoms with E-state index in [9.17, 15) is 4.79 Å². The lowest BCUT2D eigenvalue weighted by atomic mass is 9.97. The summed E-state index contributed by atoms with van der Waals surface area (Å²) < 4.78 is 0. The van der Waals surface area contributed by atoms with Gasteiger partial charge in [-0.2, -0.15) is 0 Å². The van der Waals surface area contributed by atoms with Crippen LogP contribution in [0.25, 0.3) is 0 Å². The van der Waals surface area contributed by atoms with Crippen LogP contribution in [0, 0.1) is 0 Å². The van der Waals surface area contributed by atoms with Crippen LogP contribution < -0.4 is 15.5 Å². The Labute approximate surface area is 126 Å². The van der Waals surface area contributed by atoms with E-state index in [0.29, 0.717) is 12.2 Å². The molecule has 0 radical (unpaired) electrons. The van der Waals surface area contributed by atoms with Crippen LogP contribution in [0.3, 0.4) is 0 Å². The molecule has 0 spiro atoms. The molecule has 1 aliphatic carbocycles. The maximum Gasteiger partial charge on any atom is 0.319 e. The molecule has 0 bridgehead atoms. The second-order valence-corrected chi connectivity index (χ2v) is 5.54. The molecule has 0 aliphatic heterocycles. The average Bonchev–Trinajstić information content (AvgIpc) is 2.49. The maximum atomic E-state index is 11.8. The fourth-order valence-electron chi connectivity index (χ4n) is 2.37. The first-order valence-corrected chi connectivity index (χ1v) is 7.51. The van der Waals surface area contributed by atoms with E-state index in [-0.39, 0.29) is 6.03 Å². The Morgan fingerprint density at radius 1 is 1.33 bits per heavy atom. The molecule has 21 heavy (non-hydrogen) atoms. The van der Waals surface area contributed by atoms with Crippen LogP contribution in [0.4, 0.5) is 16.3 Å². The number of urea groups is 1. The number of nitrogens with one attached hydrogen (secondary N) is 2. The number of hydrogen-bond donors (Lipinski definition) is 2. The molecule has 0 saturated carbocycles. The number of amides is 2. The van der Waals surface area contributed by atoms with Crippen molar-refractivity contribution in [3.63, 3.8) is 0 Å². The molecule has 1 aromatic heterocycles. The summed E-state index contributed by atoms with van der Waals surface area (Å²) in [5, 5.41) is 5.68. The van der Waals surface area contributed by atoms with Crippen LogP contribution in [-0.4, -0.2) is 31.7 Å². The van der Waals surface area contributed by atoms with E-state index in [1.165, 1.54) is 31.3 Å². The Hall–Kier alpha value is -2.04. The highest BCUT2D eigenvalue weighted by Gasteiger charge is 2.05. The fourth-order valence-corrected chi connectivity index (χ4v) is 2.37. The molecule has 1 aromatic rings. The first-order valence-electron chi connectivity index (χ1n) is 7.51. The van der Waals surface area contributed by atoms with Gasteiger partial charge in [0.25, 0.3) is 0 Å². The van der Waals surface area contributed by atoms with Crippen LogP contribution >= 0.6 is 0 Å². The highest BCUT2D eigenvalue weighted by Crippen LogP contribution is 2.19. The quantitative estimate of drug-likeness (QED) is 0.818. The standard InChI is InChI=1S/C16H24N4O/c1-20(2)15-9-8-14(12-18-15)19-16(21)17-11-10-13-6-4-3-5-7-13/h6,8-9,12H,3-5,7,10-11H2,1-2H3,(H2,17,19,21). The SMILES string of the molecule is CN(C)c1ccc(NC(=O)NCCC2=CCCCC2)cn1. The molecule has 2 amide bonds. The summed E-state index contributed by atoms with van der Waals surface area (Å²) in [5.74, 6) is 0.866. The summed E-state index contributed by atoms with van der Waals surface area (Å²) in [4.78, 5) is 18.0. The first-order chi connectivity index (χ1) is 10.1. The van der Waals surface area contributed by atoms with Crippen molar-refractivity contribution >= 4 is 17.5 Å². The predicted molar refractivity (Wildman–Crippen MR) is 86.8 cm³/mol. The number of carbonyl (C=O) groups is 1. The van der Waals surface area contributed by atoms with E-state index in [1.54, 1.807) is 6.20 Å². The Bertz CT molecular complexity index is 494.